The molecule has 0 bridgehead atoms. The molecule has 0 radical (unpaired) electrons. The number of rotatable bonds is 1. The van der Waals surface area contributed by atoms with Crippen molar-refractivity contribution in [1.82, 2.24) is 0 Å². The predicted octanol–water partition coefficient (Wildman–Crippen LogP) is 0.283. The first-order chi connectivity index (χ1) is 5.81. The fourth-order valence-corrected chi connectivity index (χ4v) is 1.10. The van der Waals surface area contributed by atoms with Crippen molar-refractivity contribution in [3.63, 3.8) is 0 Å². The summed E-state index contributed by atoms with van der Waals surface area (Å²) >= 11 is 0. The van der Waals surface area contributed by atoms with E-state index in [-0.39, 0.29) is 12.2 Å². The van der Waals surface area contributed by atoms with Gasteiger partial charge in [-0.25, -0.2) is 0 Å². The monoisotopic (exact) mass is 162 g/mol. The maximum Gasteiger partial charge on any atom is 0.186 e. The van der Waals surface area contributed by atoms with E-state index >= 15 is 0 Å². The zero-order valence-corrected chi connectivity index (χ0v) is 6.18. The van der Waals surface area contributed by atoms with Crippen LogP contribution in [0, 0.1) is 16.5 Å². The molecule has 60 valence electrons. The molecule has 2 rings (SSSR count). The first kappa shape index (κ1) is 7.07. The van der Waals surface area contributed by atoms with Gasteiger partial charge in [-0.3, -0.25) is 0 Å². The predicted molar refractivity (Wildman–Crippen MR) is 38.6 cm³/mol. The van der Waals surface area contributed by atoms with Gasteiger partial charge in [0.1, 0.15) is 6.10 Å². The van der Waals surface area contributed by atoms with Crippen LogP contribution in [-0.2, 0) is 4.74 Å². The van der Waals surface area contributed by atoms with E-state index in [1.165, 1.54) is 12.4 Å². The van der Waals surface area contributed by atoms with Crippen molar-refractivity contribution in [2.24, 2.45) is 0 Å². The van der Waals surface area contributed by atoms with Crippen molar-refractivity contribution in [2.75, 3.05) is 0 Å². The minimum atomic E-state index is -0.368. The van der Waals surface area contributed by atoms with Crippen LogP contribution < -0.4 is 4.73 Å². The highest BCUT2D eigenvalue weighted by Gasteiger charge is 2.41. The summed E-state index contributed by atoms with van der Waals surface area (Å²) in [6, 6.07) is 5.38. The molecule has 0 unspecified atom stereocenters. The van der Waals surface area contributed by atoms with Crippen LogP contribution in [0.2, 0.25) is 0 Å². The van der Waals surface area contributed by atoms with Gasteiger partial charge in [0, 0.05) is 11.6 Å². The Balaban J connectivity index is 2.21. The highest BCUT2D eigenvalue weighted by atomic mass is 16.6. The van der Waals surface area contributed by atoms with Crippen LogP contribution in [0.25, 0.3) is 0 Å². The molecule has 1 saturated heterocycles. The largest absolute Gasteiger partial charge is 0.619 e. The summed E-state index contributed by atoms with van der Waals surface area (Å²) in [5.41, 5.74) is 0.763. The normalized spacial score (nSPS) is 26.2. The van der Waals surface area contributed by atoms with Gasteiger partial charge in [-0.2, -0.15) is 9.99 Å². The minimum Gasteiger partial charge on any atom is -0.619 e. The Hall–Kier alpha value is -1.60. The van der Waals surface area contributed by atoms with E-state index in [4.69, 9.17) is 10.00 Å². The summed E-state index contributed by atoms with van der Waals surface area (Å²) in [5.74, 6) is 0. The number of nitrogens with zero attached hydrogens (tertiary/aromatic N) is 2. The van der Waals surface area contributed by atoms with Gasteiger partial charge in [0.2, 0.25) is 0 Å². The Bertz CT molecular complexity index is 345. The van der Waals surface area contributed by atoms with E-state index < -0.39 is 0 Å². The third-order valence-electron chi connectivity index (χ3n) is 1.75. The summed E-state index contributed by atoms with van der Waals surface area (Å²) in [4.78, 5) is 0. The van der Waals surface area contributed by atoms with Gasteiger partial charge in [-0.1, -0.05) is 0 Å². The quantitative estimate of drug-likeness (QED) is 0.338. The Kier molecular flexibility index (Phi) is 1.45. The average molecular weight is 162 g/mol. The van der Waals surface area contributed by atoms with Crippen molar-refractivity contribution >= 4 is 0 Å². The maximum atomic E-state index is 10.8. The molecule has 0 aliphatic carbocycles. The van der Waals surface area contributed by atoms with Crippen LogP contribution in [0.1, 0.15) is 11.7 Å². The molecule has 1 aliphatic heterocycles. The average Bonchev–Trinajstić information content (AvgIpc) is 2.83. The number of hydrogen-bond acceptors (Lipinski definition) is 3. The van der Waals surface area contributed by atoms with Crippen LogP contribution in [-0.4, -0.2) is 6.10 Å². The molecule has 1 aliphatic rings. The summed E-state index contributed by atoms with van der Waals surface area (Å²) < 4.78 is 5.69. The summed E-state index contributed by atoms with van der Waals surface area (Å²) in [7, 11) is 0. The van der Waals surface area contributed by atoms with Gasteiger partial charge in [-0.05, 0) is 6.07 Å². The summed E-state index contributed by atoms with van der Waals surface area (Å²) in [6.07, 6.45) is 2.25. The van der Waals surface area contributed by atoms with Crippen LogP contribution in [0.5, 0.6) is 0 Å². The van der Waals surface area contributed by atoms with Gasteiger partial charge in [0.15, 0.2) is 18.5 Å². The highest BCUT2D eigenvalue weighted by Crippen LogP contribution is 2.37. The molecule has 12 heavy (non-hydrogen) atoms. The molecule has 1 fully saturated rings. The van der Waals surface area contributed by atoms with Crippen molar-refractivity contribution in [1.29, 1.82) is 5.26 Å². The van der Waals surface area contributed by atoms with Crippen molar-refractivity contribution in [2.45, 2.75) is 12.2 Å². The van der Waals surface area contributed by atoms with Gasteiger partial charge in [0.05, 0.1) is 6.07 Å². The van der Waals surface area contributed by atoms with Gasteiger partial charge in [0.25, 0.3) is 0 Å². The lowest BCUT2D eigenvalue weighted by molar-refractivity contribution is -0.605. The second-order valence-corrected chi connectivity index (χ2v) is 2.60. The number of ether oxygens (including phenoxy) is 1. The van der Waals surface area contributed by atoms with Crippen LogP contribution in [0.3, 0.4) is 0 Å². The molecule has 1 aromatic rings. The topological polar surface area (TPSA) is 63.3 Å². The number of pyridine rings is 1. The minimum absolute atomic E-state index is 0.198. The second-order valence-electron chi connectivity index (χ2n) is 2.60. The van der Waals surface area contributed by atoms with Crippen molar-refractivity contribution < 1.29 is 9.47 Å². The highest BCUT2D eigenvalue weighted by molar-refractivity contribution is 5.20. The first-order valence-corrected chi connectivity index (χ1v) is 3.55. The van der Waals surface area contributed by atoms with Gasteiger partial charge < -0.3 is 9.94 Å². The number of epoxide rings is 1. The van der Waals surface area contributed by atoms with Crippen LogP contribution in [0.15, 0.2) is 24.5 Å². The Morgan fingerprint density at radius 2 is 2.50 bits per heavy atom. The van der Waals surface area contributed by atoms with E-state index in [2.05, 4.69) is 0 Å². The smallest absolute Gasteiger partial charge is 0.186 e. The van der Waals surface area contributed by atoms with E-state index in [0.717, 1.165) is 5.56 Å². The number of hydrogen-bond donors (Lipinski definition) is 0. The lowest BCUT2D eigenvalue weighted by Crippen LogP contribution is -2.24. The molecule has 0 amide bonds. The van der Waals surface area contributed by atoms with E-state index in [9.17, 15) is 5.21 Å². The molecule has 0 spiro atoms. The lowest BCUT2D eigenvalue weighted by atomic mass is 10.2. The molecule has 0 aromatic carbocycles. The van der Waals surface area contributed by atoms with E-state index in [1.54, 1.807) is 12.1 Å². The maximum absolute atomic E-state index is 10.8. The molecule has 2 heterocycles. The molecule has 2 atom stereocenters. The Labute approximate surface area is 69.2 Å². The molecular weight excluding hydrogens is 156 g/mol. The number of nitriles is 1. The molecule has 0 N–H and O–H groups in total. The first-order valence-electron chi connectivity index (χ1n) is 3.55. The van der Waals surface area contributed by atoms with Crippen molar-refractivity contribution in [3.8, 4) is 6.07 Å². The molecular formula is C8H6N2O2. The standard InChI is InChI=1S/C8H6N2O2/c9-4-7-8(12-7)6-2-1-3-10(11)5-6/h1-3,5,7-8H/t7-,8+/m1/s1. The second kappa shape index (κ2) is 2.47. The lowest BCUT2D eigenvalue weighted by Gasteiger charge is -1.95. The Morgan fingerprint density at radius 1 is 1.67 bits per heavy atom. The van der Waals surface area contributed by atoms with Crippen LogP contribution >= 0.6 is 0 Å². The fraction of sp³-hybridized carbons (Fsp3) is 0.250. The van der Waals surface area contributed by atoms with E-state index in [1.807, 2.05) is 6.07 Å². The number of aromatic nitrogens is 1. The molecule has 4 nitrogen and oxygen atoms in total. The van der Waals surface area contributed by atoms with Crippen LogP contribution in [0.4, 0.5) is 0 Å². The summed E-state index contributed by atoms with van der Waals surface area (Å²) in [5, 5.41) is 19.2. The fourth-order valence-electron chi connectivity index (χ4n) is 1.10. The third kappa shape index (κ3) is 1.11. The van der Waals surface area contributed by atoms with Gasteiger partial charge in [-0.15, -0.1) is 0 Å². The summed E-state index contributed by atoms with van der Waals surface area (Å²) in [6.45, 7) is 0. The molecule has 4 heteroatoms. The third-order valence-corrected chi connectivity index (χ3v) is 1.75. The molecule has 1 aromatic heterocycles. The van der Waals surface area contributed by atoms with E-state index in [0.29, 0.717) is 4.73 Å². The Morgan fingerprint density at radius 3 is 3.08 bits per heavy atom. The SMILES string of the molecule is N#C[C@H]1O[C@H]1c1ccc[n+]([O-])c1. The zero-order valence-electron chi connectivity index (χ0n) is 6.18. The molecule has 0 saturated carbocycles. The zero-order chi connectivity index (χ0) is 8.55. The van der Waals surface area contributed by atoms with Crippen molar-refractivity contribution in [3.05, 3.63) is 35.3 Å². The van der Waals surface area contributed by atoms with Gasteiger partial charge >= 0.3 is 0 Å².